The van der Waals surface area contributed by atoms with E-state index in [1.165, 1.54) is 21.6 Å². The van der Waals surface area contributed by atoms with Gasteiger partial charge in [0.05, 0.1) is 0 Å². The summed E-state index contributed by atoms with van der Waals surface area (Å²) in [5.74, 6) is -1.87. The van der Waals surface area contributed by atoms with Crippen molar-refractivity contribution in [2.75, 3.05) is 12.3 Å². The molecule has 1 fully saturated rings. The minimum atomic E-state index is -4.83. The lowest BCUT2D eigenvalue weighted by molar-refractivity contribution is -0.168. The van der Waals surface area contributed by atoms with Gasteiger partial charge in [-0.1, -0.05) is 23.3 Å². The minimum Gasteiger partial charge on any atom is -0.325 e. The molecule has 1 aromatic rings. The zero-order valence-corrected chi connectivity index (χ0v) is 19.5. The predicted octanol–water partition coefficient (Wildman–Crippen LogP) is 2.01. The predicted molar refractivity (Wildman–Crippen MR) is 116 cm³/mol. The van der Waals surface area contributed by atoms with Crippen LogP contribution in [0.5, 0.6) is 0 Å². The lowest BCUT2D eigenvalue weighted by Gasteiger charge is -2.30. The summed E-state index contributed by atoms with van der Waals surface area (Å²) in [5.41, 5.74) is 0. The molecule has 0 radical (unpaired) electrons. The van der Waals surface area contributed by atoms with Gasteiger partial charge < -0.3 is 4.18 Å². The molecule has 0 aliphatic carbocycles. The Bertz CT molecular complexity index is 911. The van der Waals surface area contributed by atoms with Gasteiger partial charge in [-0.25, -0.2) is 9.99 Å². The first-order valence-corrected chi connectivity index (χ1v) is 13.4. The molecule has 1 saturated heterocycles. The number of hydrazine groups is 1. The van der Waals surface area contributed by atoms with Gasteiger partial charge in [0, 0.05) is 44.2 Å². The van der Waals surface area contributed by atoms with Crippen LogP contribution in [-0.4, -0.2) is 64.0 Å². The van der Waals surface area contributed by atoms with Crippen LogP contribution in [0.25, 0.3) is 0 Å². The van der Waals surface area contributed by atoms with Gasteiger partial charge in [0.15, 0.2) is 0 Å². The van der Waals surface area contributed by atoms with E-state index in [0.717, 1.165) is 15.0 Å². The maximum atomic E-state index is 12.7. The molecule has 176 valence electrons. The van der Waals surface area contributed by atoms with Crippen molar-refractivity contribution in [1.82, 2.24) is 15.0 Å². The van der Waals surface area contributed by atoms with Crippen LogP contribution in [0.3, 0.4) is 0 Å². The molecule has 1 aliphatic heterocycles. The number of amides is 3. The fourth-order valence-corrected chi connectivity index (χ4v) is 4.97. The van der Waals surface area contributed by atoms with Gasteiger partial charge in [0.1, 0.15) is 5.03 Å². The molecule has 1 N–H and O–H groups in total. The Morgan fingerprint density at radius 3 is 2.47 bits per heavy atom. The second kappa shape index (κ2) is 12.8. The molecule has 0 saturated carbocycles. The molecule has 32 heavy (non-hydrogen) atoms. The second-order valence-electron chi connectivity index (χ2n) is 6.63. The third-order valence-corrected chi connectivity index (χ3v) is 6.85. The number of carbonyl (C=O) groups is 4. The molecule has 0 aromatic carbocycles. The van der Waals surface area contributed by atoms with E-state index in [0.29, 0.717) is 18.6 Å². The number of unbranched alkanes of at least 4 members (excludes halogenated alkanes) is 2. The number of pyridine rings is 1. The van der Waals surface area contributed by atoms with Crippen LogP contribution >= 0.6 is 21.6 Å². The van der Waals surface area contributed by atoms with Crippen molar-refractivity contribution in [3.05, 3.63) is 24.4 Å². The molecular weight excluding hydrogens is 482 g/mol. The van der Waals surface area contributed by atoms with Crippen LogP contribution in [0.1, 0.15) is 44.9 Å². The largest absolute Gasteiger partial charge is 0.448 e. The number of hydrogen-bond donors (Lipinski definition) is 1. The van der Waals surface area contributed by atoms with Gasteiger partial charge in [-0.05, 0) is 35.8 Å². The Balaban J connectivity index is 1.82. The van der Waals surface area contributed by atoms with Crippen molar-refractivity contribution in [2.45, 2.75) is 50.0 Å². The first-order chi connectivity index (χ1) is 15.2. The van der Waals surface area contributed by atoms with Crippen molar-refractivity contribution >= 4 is 55.7 Å². The zero-order chi connectivity index (χ0) is 23.6. The average molecular weight is 506 g/mol. The maximum absolute atomic E-state index is 12.7. The van der Waals surface area contributed by atoms with Gasteiger partial charge in [-0.3, -0.25) is 23.7 Å². The summed E-state index contributed by atoms with van der Waals surface area (Å²) in [5, 5.41) is 2.85. The number of carbonyl (C=O) groups excluding carboxylic acids is 4. The van der Waals surface area contributed by atoms with Crippen LogP contribution in [0.15, 0.2) is 29.4 Å². The van der Waals surface area contributed by atoms with Gasteiger partial charge in [-0.2, -0.15) is 13.4 Å². The molecule has 2 rings (SSSR count). The first kappa shape index (κ1) is 26.1. The van der Waals surface area contributed by atoms with E-state index in [4.69, 9.17) is 4.55 Å². The number of imide groups is 1. The molecular formula is C18H23N3O8S3. The molecule has 11 nitrogen and oxygen atoms in total. The summed E-state index contributed by atoms with van der Waals surface area (Å²) in [7, 11) is -1.98. The minimum absolute atomic E-state index is 0.0500. The summed E-state index contributed by atoms with van der Waals surface area (Å²) in [6.07, 6.45) is 2.67. The topological polar surface area (TPSA) is 151 Å². The quantitative estimate of drug-likeness (QED) is 0.181. The molecule has 3 amide bonds. The van der Waals surface area contributed by atoms with Crippen LogP contribution in [0.2, 0.25) is 0 Å². The Labute approximate surface area is 193 Å². The Morgan fingerprint density at radius 1 is 1.12 bits per heavy atom. The lowest BCUT2D eigenvalue weighted by atomic mass is 10.2. The van der Waals surface area contributed by atoms with Crippen LogP contribution < -0.4 is 0 Å². The van der Waals surface area contributed by atoms with Crippen LogP contribution in [0, 0.1) is 0 Å². The standard InChI is InChI=1S/C18H23N3O8S3/c22-15(10-13-30-31-14-6-3-4-11-19-14)20(21-16(23)8-9-17(21)24)12-5-1-2-7-18(25)29-32(26,27)28/h3-4,6,11H,1-2,5,7-10,12-13H2,(H,26,27,28). The maximum Gasteiger partial charge on any atom is 0.448 e. The summed E-state index contributed by atoms with van der Waals surface area (Å²) in [6, 6.07) is 5.51. The number of nitrogens with zero attached hydrogens (tertiary/aromatic N) is 3. The van der Waals surface area contributed by atoms with E-state index < -0.39 is 28.2 Å². The first-order valence-electron chi connectivity index (χ1n) is 9.73. The summed E-state index contributed by atoms with van der Waals surface area (Å²) in [6.45, 7) is 0.0989. The van der Waals surface area contributed by atoms with Gasteiger partial charge >= 0.3 is 16.4 Å². The van der Waals surface area contributed by atoms with Crippen molar-refractivity contribution in [1.29, 1.82) is 0 Å². The van der Waals surface area contributed by atoms with Crippen molar-refractivity contribution < 1.29 is 36.3 Å². The average Bonchev–Trinajstić information content (AvgIpc) is 3.05. The van der Waals surface area contributed by atoms with Crippen molar-refractivity contribution in [2.24, 2.45) is 0 Å². The molecule has 0 atom stereocenters. The normalized spacial score (nSPS) is 14.0. The number of aromatic nitrogens is 1. The number of hydrogen-bond acceptors (Lipinski definition) is 10. The van der Waals surface area contributed by atoms with Gasteiger partial charge in [-0.15, -0.1) is 0 Å². The van der Waals surface area contributed by atoms with Crippen LogP contribution in [0.4, 0.5) is 0 Å². The Kier molecular flexibility index (Phi) is 10.4. The molecule has 14 heteroatoms. The highest BCUT2D eigenvalue weighted by Gasteiger charge is 2.36. The molecule has 0 bridgehead atoms. The number of rotatable bonds is 13. The van der Waals surface area contributed by atoms with E-state index >= 15 is 0 Å². The van der Waals surface area contributed by atoms with E-state index in [9.17, 15) is 27.6 Å². The second-order valence-corrected chi connectivity index (χ2v) is 10.1. The highest BCUT2D eigenvalue weighted by molar-refractivity contribution is 8.76. The van der Waals surface area contributed by atoms with Gasteiger partial charge in [0.25, 0.3) is 0 Å². The zero-order valence-electron chi connectivity index (χ0n) is 17.0. The fraction of sp³-hybridized carbons (Fsp3) is 0.500. The van der Waals surface area contributed by atoms with Crippen LogP contribution in [-0.2, 0) is 33.8 Å². The van der Waals surface area contributed by atoms with E-state index in [1.807, 2.05) is 12.1 Å². The highest BCUT2D eigenvalue weighted by Crippen LogP contribution is 2.29. The Morgan fingerprint density at radius 2 is 1.84 bits per heavy atom. The third kappa shape index (κ3) is 9.14. The van der Waals surface area contributed by atoms with Crippen molar-refractivity contribution in [3.8, 4) is 0 Å². The van der Waals surface area contributed by atoms with E-state index in [-0.39, 0.29) is 44.6 Å². The highest BCUT2D eigenvalue weighted by atomic mass is 33.1. The molecule has 2 heterocycles. The summed E-state index contributed by atoms with van der Waals surface area (Å²) < 4.78 is 33.2. The van der Waals surface area contributed by atoms with Gasteiger partial charge in [0.2, 0.25) is 17.7 Å². The monoisotopic (exact) mass is 505 g/mol. The fourth-order valence-electron chi connectivity index (χ4n) is 2.79. The van der Waals surface area contributed by atoms with E-state index in [2.05, 4.69) is 9.17 Å². The SMILES string of the molecule is O=C(CCCCCN(C(=O)CCSSc1ccccn1)N1C(=O)CCC1=O)OS(=O)(=O)O. The lowest BCUT2D eigenvalue weighted by Crippen LogP contribution is -2.49. The van der Waals surface area contributed by atoms with Crippen molar-refractivity contribution in [3.63, 3.8) is 0 Å². The molecule has 1 aliphatic rings. The van der Waals surface area contributed by atoms with E-state index in [1.54, 1.807) is 12.3 Å². The summed E-state index contributed by atoms with van der Waals surface area (Å²) in [4.78, 5) is 52.4. The molecule has 0 spiro atoms. The smallest absolute Gasteiger partial charge is 0.325 e. The third-order valence-electron chi connectivity index (χ3n) is 4.18. The molecule has 0 unspecified atom stereocenters. The Hall–Kier alpha value is -2.16. The molecule has 1 aromatic heterocycles. The summed E-state index contributed by atoms with van der Waals surface area (Å²) >= 11 is 0.